The molecule has 0 amide bonds. The van der Waals surface area contributed by atoms with Crippen molar-refractivity contribution in [2.45, 2.75) is 19.5 Å². The number of halogens is 1. The Bertz CT molecular complexity index is 263. The Morgan fingerprint density at radius 1 is 1.46 bits per heavy atom. The molecule has 13 heavy (non-hydrogen) atoms. The van der Waals surface area contributed by atoms with E-state index in [-0.39, 0.29) is 0 Å². The summed E-state index contributed by atoms with van der Waals surface area (Å²) in [6, 6.07) is 7.40. The van der Waals surface area contributed by atoms with Crippen LogP contribution in [-0.4, -0.2) is 6.61 Å². The van der Waals surface area contributed by atoms with Crippen molar-refractivity contribution in [2.24, 2.45) is 5.90 Å². The average Bonchev–Trinajstić information content (AvgIpc) is 2.15. The molecule has 0 fully saturated rings. The van der Waals surface area contributed by atoms with E-state index in [9.17, 15) is 4.39 Å². The molecule has 1 rings (SSSR count). The number of benzene rings is 1. The van der Waals surface area contributed by atoms with Crippen molar-refractivity contribution in [1.29, 1.82) is 0 Å². The second-order valence-corrected chi connectivity index (χ2v) is 2.94. The van der Waals surface area contributed by atoms with Gasteiger partial charge in [-0.05, 0) is 24.5 Å². The van der Waals surface area contributed by atoms with Crippen molar-refractivity contribution in [3.8, 4) is 0 Å². The molecule has 3 heteroatoms. The summed E-state index contributed by atoms with van der Waals surface area (Å²) in [4.78, 5) is 4.46. The first-order valence-corrected chi connectivity index (χ1v) is 4.29. The van der Waals surface area contributed by atoms with Gasteiger partial charge in [0.05, 0.1) is 6.61 Å². The van der Waals surface area contributed by atoms with E-state index in [1.54, 1.807) is 6.07 Å². The van der Waals surface area contributed by atoms with Crippen LogP contribution in [0.25, 0.3) is 0 Å². The zero-order chi connectivity index (χ0) is 9.68. The van der Waals surface area contributed by atoms with Gasteiger partial charge in [-0.3, -0.25) is 0 Å². The maximum atomic E-state index is 13.0. The third-order valence-corrected chi connectivity index (χ3v) is 1.97. The van der Waals surface area contributed by atoms with Crippen LogP contribution in [0.4, 0.5) is 4.39 Å². The van der Waals surface area contributed by atoms with Crippen molar-refractivity contribution in [1.82, 2.24) is 0 Å². The van der Waals surface area contributed by atoms with Crippen LogP contribution in [0.2, 0.25) is 0 Å². The Morgan fingerprint density at radius 3 is 2.77 bits per heavy atom. The molecule has 0 heterocycles. The smallest absolute Gasteiger partial charge is 0.123 e. The third kappa shape index (κ3) is 2.79. The van der Waals surface area contributed by atoms with Crippen molar-refractivity contribution in [2.75, 3.05) is 6.61 Å². The van der Waals surface area contributed by atoms with E-state index < -0.39 is 6.17 Å². The maximum Gasteiger partial charge on any atom is 0.123 e. The summed E-state index contributed by atoms with van der Waals surface area (Å²) in [7, 11) is 0. The van der Waals surface area contributed by atoms with E-state index in [0.717, 1.165) is 11.1 Å². The minimum absolute atomic E-state index is 0.420. The van der Waals surface area contributed by atoms with Gasteiger partial charge in [0.2, 0.25) is 0 Å². The van der Waals surface area contributed by atoms with Crippen LogP contribution in [0.3, 0.4) is 0 Å². The first-order valence-electron chi connectivity index (χ1n) is 4.29. The molecule has 0 aliphatic heterocycles. The molecular formula is C10H14FNO. The summed E-state index contributed by atoms with van der Waals surface area (Å²) in [6.45, 7) is 1.95. The second kappa shape index (κ2) is 4.94. The van der Waals surface area contributed by atoms with Gasteiger partial charge in [-0.2, -0.15) is 0 Å². The molecule has 0 saturated carbocycles. The minimum atomic E-state index is -0.936. The molecule has 0 aliphatic carbocycles. The molecule has 2 nitrogen and oxygen atoms in total. The molecule has 1 atom stereocenters. The van der Waals surface area contributed by atoms with Gasteiger partial charge in [-0.1, -0.05) is 24.3 Å². The lowest BCUT2D eigenvalue weighted by Gasteiger charge is -2.09. The molecule has 0 radical (unpaired) electrons. The zero-order valence-corrected chi connectivity index (χ0v) is 7.66. The van der Waals surface area contributed by atoms with Crippen LogP contribution < -0.4 is 5.90 Å². The lowest BCUT2D eigenvalue weighted by molar-refractivity contribution is 0.141. The molecule has 0 spiro atoms. The highest BCUT2D eigenvalue weighted by Crippen LogP contribution is 2.20. The van der Waals surface area contributed by atoms with Crippen molar-refractivity contribution >= 4 is 0 Å². The van der Waals surface area contributed by atoms with E-state index in [0.29, 0.717) is 13.0 Å². The predicted molar refractivity (Wildman–Crippen MR) is 49.8 cm³/mol. The first kappa shape index (κ1) is 10.2. The molecular weight excluding hydrogens is 169 g/mol. The van der Waals surface area contributed by atoms with Crippen LogP contribution in [0, 0.1) is 0 Å². The first-order chi connectivity index (χ1) is 6.25. The van der Waals surface area contributed by atoms with E-state index >= 15 is 0 Å². The Morgan fingerprint density at radius 2 is 2.15 bits per heavy atom. The molecule has 1 aromatic carbocycles. The van der Waals surface area contributed by atoms with Gasteiger partial charge < -0.3 is 4.84 Å². The van der Waals surface area contributed by atoms with E-state index in [1.165, 1.54) is 6.92 Å². The molecule has 0 aliphatic rings. The van der Waals surface area contributed by atoms with Crippen LogP contribution in [0.15, 0.2) is 24.3 Å². The molecule has 0 aromatic heterocycles. The highest BCUT2D eigenvalue weighted by molar-refractivity contribution is 5.28. The number of alkyl halides is 1. The van der Waals surface area contributed by atoms with Crippen molar-refractivity contribution < 1.29 is 9.23 Å². The van der Waals surface area contributed by atoms with Crippen LogP contribution in [-0.2, 0) is 11.3 Å². The van der Waals surface area contributed by atoms with Crippen LogP contribution in [0.5, 0.6) is 0 Å². The fraction of sp³-hybridized carbons (Fsp3) is 0.400. The van der Waals surface area contributed by atoms with Crippen LogP contribution in [0.1, 0.15) is 24.2 Å². The standard InChI is InChI=1S/C10H14FNO/c1-8(11)10-5-3-2-4-9(10)6-7-13-12/h2-5,8H,6-7,12H2,1H3. The molecule has 1 unspecified atom stereocenters. The number of hydrogen-bond acceptors (Lipinski definition) is 2. The summed E-state index contributed by atoms with van der Waals surface area (Å²) >= 11 is 0. The average molecular weight is 183 g/mol. The van der Waals surface area contributed by atoms with Gasteiger partial charge >= 0.3 is 0 Å². The minimum Gasteiger partial charge on any atom is -0.304 e. The molecule has 72 valence electrons. The van der Waals surface area contributed by atoms with Gasteiger partial charge in [-0.25, -0.2) is 10.3 Å². The molecule has 1 aromatic rings. The largest absolute Gasteiger partial charge is 0.304 e. The van der Waals surface area contributed by atoms with Gasteiger partial charge in [0.1, 0.15) is 6.17 Å². The Hall–Kier alpha value is -0.930. The van der Waals surface area contributed by atoms with E-state index in [4.69, 9.17) is 5.90 Å². The maximum absolute atomic E-state index is 13.0. The Balaban J connectivity index is 2.78. The number of nitrogens with two attached hydrogens (primary N) is 1. The Kier molecular flexibility index (Phi) is 3.86. The van der Waals surface area contributed by atoms with E-state index in [1.807, 2.05) is 18.2 Å². The summed E-state index contributed by atoms with van der Waals surface area (Å²) in [5.41, 5.74) is 1.68. The fourth-order valence-electron chi connectivity index (χ4n) is 1.32. The van der Waals surface area contributed by atoms with Gasteiger partial charge in [0.25, 0.3) is 0 Å². The Labute approximate surface area is 77.5 Å². The number of rotatable bonds is 4. The molecule has 0 bridgehead atoms. The normalized spacial score (nSPS) is 12.8. The summed E-state index contributed by atoms with van der Waals surface area (Å²) in [6.07, 6.45) is -0.282. The lowest BCUT2D eigenvalue weighted by atomic mass is 10.0. The van der Waals surface area contributed by atoms with E-state index in [2.05, 4.69) is 4.84 Å². The fourth-order valence-corrected chi connectivity index (χ4v) is 1.32. The third-order valence-electron chi connectivity index (χ3n) is 1.97. The molecule has 0 saturated heterocycles. The zero-order valence-electron chi connectivity index (χ0n) is 7.66. The SMILES string of the molecule is CC(F)c1ccccc1CCON. The second-order valence-electron chi connectivity index (χ2n) is 2.94. The summed E-state index contributed by atoms with van der Waals surface area (Å²) in [5.74, 6) is 4.91. The summed E-state index contributed by atoms with van der Waals surface area (Å²) in [5, 5.41) is 0. The number of hydrogen-bond donors (Lipinski definition) is 1. The van der Waals surface area contributed by atoms with Crippen molar-refractivity contribution in [3.05, 3.63) is 35.4 Å². The van der Waals surface area contributed by atoms with Crippen LogP contribution >= 0.6 is 0 Å². The topological polar surface area (TPSA) is 35.2 Å². The van der Waals surface area contributed by atoms with Gasteiger partial charge in [-0.15, -0.1) is 0 Å². The van der Waals surface area contributed by atoms with Gasteiger partial charge in [0.15, 0.2) is 0 Å². The molecule has 2 N–H and O–H groups in total. The highest BCUT2D eigenvalue weighted by Gasteiger charge is 2.07. The highest BCUT2D eigenvalue weighted by atomic mass is 19.1. The van der Waals surface area contributed by atoms with Gasteiger partial charge in [0, 0.05) is 0 Å². The monoisotopic (exact) mass is 183 g/mol. The lowest BCUT2D eigenvalue weighted by Crippen LogP contribution is -2.05. The quantitative estimate of drug-likeness (QED) is 0.726. The van der Waals surface area contributed by atoms with Crippen molar-refractivity contribution in [3.63, 3.8) is 0 Å². The summed E-state index contributed by atoms with van der Waals surface area (Å²) < 4.78 is 13.0. The predicted octanol–water partition coefficient (Wildman–Crippen LogP) is 2.15.